The fourth-order valence-electron chi connectivity index (χ4n) is 4.78. The summed E-state index contributed by atoms with van der Waals surface area (Å²) in [5.74, 6) is 0.130. The molecule has 1 aromatic carbocycles. The van der Waals surface area contributed by atoms with Crippen molar-refractivity contribution < 1.29 is 9.59 Å². The first-order chi connectivity index (χ1) is 13.1. The van der Waals surface area contributed by atoms with Gasteiger partial charge in [0.15, 0.2) is 0 Å². The smallest absolute Gasteiger partial charge is 0.317 e. The van der Waals surface area contributed by atoms with Gasteiger partial charge in [-0.15, -0.1) is 12.4 Å². The molecule has 0 aliphatic carbocycles. The van der Waals surface area contributed by atoms with E-state index < -0.39 is 0 Å². The summed E-state index contributed by atoms with van der Waals surface area (Å²) < 4.78 is 0. The van der Waals surface area contributed by atoms with Gasteiger partial charge in [0.05, 0.1) is 0 Å². The topological polar surface area (TPSA) is 64.7 Å². The molecule has 28 heavy (non-hydrogen) atoms. The monoisotopic (exact) mass is 406 g/mol. The van der Waals surface area contributed by atoms with Gasteiger partial charge in [-0.1, -0.05) is 24.3 Å². The van der Waals surface area contributed by atoms with E-state index in [0.717, 1.165) is 25.8 Å². The van der Waals surface area contributed by atoms with Crippen LogP contribution >= 0.6 is 12.4 Å². The van der Waals surface area contributed by atoms with Crippen molar-refractivity contribution >= 4 is 24.3 Å². The van der Waals surface area contributed by atoms with Crippen LogP contribution in [-0.4, -0.2) is 60.0 Å². The van der Waals surface area contributed by atoms with E-state index in [0.29, 0.717) is 37.6 Å². The lowest BCUT2D eigenvalue weighted by molar-refractivity contribution is -0.132. The molecular weight excluding hydrogens is 376 g/mol. The zero-order valence-electron chi connectivity index (χ0n) is 16.5. The highest BCUT2D eigenvalue weighted by molar-refractivity contribution is 5.85. The number of carbonyl (C=O) groups is 2. The number of nitrogens with one attached hydrogen (secondary N) is 2. The summed E-state index contributed by atoms with van der Waals surface area (Å²) in [6, 6.07) is 9.69. The van der Waals surface area contributed by atoms with Gasteiger partial charge in [0.2, 0.25) is 5.91 Å². The first-order valence-corrected chi connectivity index (χ1v) is 10.2. The lowest BCUT2D eigenvalue weighted by Gasteiger charge is -2.35. The Morgan fingerprint density at radius 1 is 1.18 bits per heavy atom. The Kier molecular flexibility index (Phi) is 6.83. The van der Waals surface area contributed by atoms with E-state index >= 15 is 0 Å². The lowest BCUT2D eigenvalue weighted by atomic mass is 9.98. The molecule has 2 bridgehead atoms. The van der Waals surface area contributed by atoms with Gasteiger partial charge in [0.25, 0.3) is 0 Å². The van der Waals surface area contributed by atoms with Crippen LogP contribution in [-0.2, 0) is 17.8 Å². The third-order valence-electron chi connectivity index (χ3n) is 6.42. The van der Waals surface area contributed by atoms with Crippen LogP contribution in [0.15, 0.2) is 24.3 Å². The normalized spacial score (nSPS) is 25.5. The summed E-state index contributed by atoms with van der Waals surface area (Å²) in [5, 5.41) is 6.54. The number of benzene rings is 1. The third-order valence-corrected chi connectivity index (χ3v) is 6.42. The SMILES string of the molecule is CN(C(=O)CCNC(=O)N1CCc2ccccc2C1)C1CC2CCC(C1)N2.Cl. The van der Waals surface area contributed by atoms with E-state index in [4.69, 9.17) is 0 Å². The van der Waals surface area contributed by atoms with Crippen molar-refractivity contribution in [2.75, 3.05) is 20.1 Å². The first-order valence-electron chi connectivity index (χ1n) is 10.2. The van der Waals surface area contributed by atoms with Gasteiger partial charge in [-0.2, -0.15) is 0 Å². The number of hydrogen-bond acceptors (Lipinski definition) is 3. The van der Waals surface area contributed by atoms with E-state index in [2.05, 4.69) is 22.8 Å². The Morgan fingerprint density at radius 3 is 2.57 bits per heavy atom. The van der Waals surface area contributed by atoms with Crippen LogP contribution in [0, 0.1) is 0 Å². The number of urea groups is 1. The van der Waals surface area contributed by atoms with E-state index in [9.17, 15) is 9.59 Å². The molecule has 154 valence electrons. The van der Waals surface area contributed by atoms with Crippen molar-refractivity contribution in [3.05, 3.63) is 35.4 Å². The Morgan fingerprint density at radius 2 is 1.86 bits per heavy atom. The molecule has 2 N–H and O–H groups in total. The minimum atomic E-state index is -0.0696. The molecular formula is C21H31ClN4O2. The molecule has 1 aromatic rings. The molecule has 4 rings (SSSR count). The van der Waals surface area contributed by atoms with Gasteiger partial charge >= 0.3 is 6.03 Å². The first kappa shape index (κ1) is 20.9. The number of fused-ring (bicyclic) bond motifs is 3. The van der Waals surface area contributed by atoms with Crippen LogP contribution in [0.1, 0.15) is 43.2 Å². The van der Waals surface area contributed by atoms with Crippen molar-refractivity contribution in [2.24, 2.45) is 0 Å². The number of amides is 3. The van der Waals surface area contributed by atoms with Crippen LogP contribution in [0.4, 0.5) is 4.79 Å². The van der Waals surface area contributed by atoms with Crippen LogP contribution in [0.5, 0.6) is 0 Å². The number of nitrogens with zero attached hydrogens (tertiary/aromatic N) is 2. The fourth-order valence-corrected chi connectivity index (χ4v) is 4.78. The quantitative estimate of drug-likeness (QED) is 0.806. The summed E-state index contributed by atoms with van der Waals surface area (Å²) in [6.45, 7) is 1.78. The maximum absolute atomic E-state index is 12.5. The number of halogens is 1. The number of carbonyl (C=O) groups excluding carboxylic acids is 2. The van der Waals surface area contributed by atoms with Gasteiger partial charge in [0.1, 0.15) is 0 Å². The predicted molar refractivity (Wildman–Crippen MR) is 112 cm³/mol. The number of hydrogen-bond donors (Lipinski definition) is 2. The van der Waals surface area contributed by atoms with Crippen LogP contribution in [0.3, 0.4) is 0 Å². The maximum Gasteiger partial charge on any atom is 0.317 e. The number of piperidine rings is 1. The second-order valence-electron chi connectivity index (χ2n) is 8.19. The molecule has 3 aliphatic rings. The lowest BCUT2D eigenvalue weighted by Crippen LogP contribution is -2.49. The second-order valence-corrected chi connectivity index (χ2v) is 8.19. The highest BCUT2D eigenvalue weighted by Gasteiger charge is 2.36. The van der Waals surface area contributed by atoms with Crippen molar-refractivity contribution in [2.45, 2.75) is 63.2 Å². The van der Waals surface area contributed by atoms with E-state index in [1.807, 2.05) is 29.0 Å². The molecule has 0 spiro atoms. The Bertz CT molecular complexity index is 701. The minimum absolute atomic E-state index is 0. The molecule has 0 saturated carbocycles. The molecule has 3 amide bonds. The zero-order chi connectivity index (χ0) is 18.8. The largest absolute Gasteiger partial charge is 0.343 e. The van der Waals surface area contributed by atoms with Crippen LogP contribution < -0.4 is 10.6 Å². The van der Waals surface area contributed by atoms with Crippen molar-refractivity contribution in [1.29, 1.82) is 0 Å². The minimum Gasteiger partial charge on any atom is -0.343 e. The van der Waals surface area contributed by atoms with Crippen molar-refractivity contribution in [3.63, 3.8) is 0 Å². The summed E-state index contributed by atoms with van der Waals surface area (Å²) in [5.41, 5.74) is 2.55. The Balaban J connectivity index is 0.00000225. The van der Waals surface area contributed by atoms with Crippen LogP contribution in [0.25, 0.3) is 0 Å². The summed E-state index contributed by atoms with van der Waals surface area (Å²) in [6.07, 6.45) is 5.84. The number of rotatable bonds is 4. The van der Waals surface area contributed by atoms with Crippen LogP contribution in [0.2, 0.25) is 0 Å². The predicted octanol–water partition coefficient (Wildman–Crippen LogP) is 2.31. The average molecular weight is 407 g/mol. The van der Waals surface area contributed by atoms with Crippen molar-refractivity contribution in [1.82, 2.24) is 20.4 Å². The van der Waals surface area contributed by atoms with Gasteiger partial charge in [-0.3, -0.25) is 4.79 Å². The Hall–Kier alpha value is -1.79. The molecule has 2 fully saturated rings. The summed E-state index contributed by atoms with van der Waals surface area (Å²) in [7, 11) is 1.92. The Labute approximate surface area is 173 Å². The summed E-state index contributed by atoms with van der Waals surface area (Å²) >= 11 is 0. The van der Waals surface area contributed by atoms with Crippen molar-refractivity contribution in [3.8, 4) is 0 Å². The fraction of sp³-hybridized carbons (Fsp3) is 0.619. The zero-order valence-corrected chi connectivity index (χ0v) is 17.3. The molecule has 6 nitrogen and oxygen atoms in total. The highest BCUT2D eigenvalue weighted by Crippen LogP contribution is 2.29. The van der Waals surface area contributed by atoms with E-state index in [1.54, 1.807) is 0 Å². The molecule has 7 heteroatoms. The van der Waals surface area contributed by atoms with Gasteiger partial charge in [0, 0.05) is 51.2 Å². The van der Waals surface area contributed by atoms with Gasteiger partial charge in [-0.25, -0.2) is 4.79 Å². The molecule has 2 atom stereocenters. The molecule has 0 aromatic heterocycles. The third kappa shape index (κ3) is 4.61. The van der Waals surface area contributed by atoms with E-state index in [1.165, 1.54) is 24.0 Å². The molecule has 0 radical (unpaired) electrons. The molecule has 2 saturated heterocycles. The second kappa shape index (κ2) is 9.14. The van der Waals surface area contributed by atoms with Gasteiger partial charge in [-0.05, 0) is 43.2 Å². The average Bonchev–Trinajstić information content (AvgIpc) is 3.04. The summed E-state index contributed by atoms with van der Waals surface area (Å²) in [4.78, 5) is 28.7. The maximum atomic E-state index is 12.5. The molecule has 3 heterocycles. The standard InChI is InChI=1S/C21H30N4O2.ClH/c1-24(19-12-17-6-7-18(13-19)23-17)20(26)8-10-22-21(27)25-11-9-15-4-2-3-5-16(15)14-25;/h2-5,17-19,23H,6-14H2,1H3,(H,22,27);1H. The van der Waals surface area contributed by atoms with Gasteiger partial charge < -0.3 is 20.4 Å². The highest BCUT2D eigenvalue weighted by atomic mass is 35.5. The van der Waals surface area contributed by atoms with E-state index in [-0.39, 0.29) is 24.3 Å². The molecule has 2 unspecified atom stereocenters. The molecule has 3 aliphatic heterocycles.